The Hall–Kier alpha value is -1.68. The van der Waals surface area contributed by atoms with E-state index < -0.39 is 0 Å². The van der Waals surface area contributed by atoms with Crippen molar-refractivity contribution in [2.24, 2.45) is 4.99 Å². The van der Waals surface area contributed by atoms with Gasteiger partial charge in [-0.1, -0.05) is 11.3 Å². The van der Waals surface area contributed by atoms with Gasteiger partial charge in [-0.2, -0.15) is 0 Å². The van der Waals surface area contributed by atoms with E-state index in [1.807, 2.05) is 37.4 Å². The van der Waals surface area contributed by atoms with Gasteiger partial charge in [0, 0.05) is 11.1 Å². The lowest BCUT2D eigenvalue weighted by Crippen LogP contribution is -1.98. The third kappa shape index (κ3) is 3.07. The number of aryl methyl sites for hydroxylation is 2. The topological polar surface area (TPSA) is 34.5 Å². The van der Waals surface area contributed by atoms with Crippen LogP contribution in [0.1, 0.15) is 35.9 Å². The summed E-state index contributed by atoms with van der Waals surface area (Å²) < 4.78 is 5.42. The third-order valence-corrected chi connectivity index (χ3v) is 4.41. The molecule has 0 radical (unpaired) electrons. The number of nitrogens with zero attached hydrogens (tertiary/aromatic N) is 2. The monoisotopic (exact) mass is 286 g/mol. The molecule has 1 aliphatic rings. The van der Waals surface area contributed by atoms with Gasteiger partial charge in [-0.3, -0.25) is 0 Å². The first kappa shape index (κ1) is 13.3. The van der Waals surface area contributed by atoms with Gasteiger partial charge < -0.3 is 4.74 Å². The van der Waals surface area contributed by atoms with Gasteiger partial charge in [0.2, 0.25) is 5.13 Å². The first-order valence-corrected chi connectivity index (χ1v) is 7.92. The fourth-order valence-electron chi connectivity index (χ4n) is 2.34. The number of hydrogen-bond donors (Lipinski definition) is 0. The maximum absolute atomic E-state index is 5.42. The van der Waals surface area contributed by atoms with Crippen molar-refractivity contribution in [1.29, 1.82) is 0 Å². The first-order valence-electron chi connectivity index (χ1n) is 7.10. The average Bonchev–Trinajstić information content (AvgIpc) is 2.90. The lowest BCUT2D eigenvalue weighted by atomic mass is 10.0. The van der Waals surface area contributed by atoms with Gasteiger partial charge in [-0.15, -0.1) is 0 Å². The van der Waals surface area contributed by atoms with E-state index in [2.05, 4.69) is 9.98 Å². The lowest BCUT2D eigenvalue weighted by Gasteiger charge is -2.06. The summed E-state index contributed by atoms with van der Waals surface area (Å²) in [6.45, 7) is 2.68. The fourth-order valence-corrected chi connectivity index (χ4v) is 3.33. The Balaban J connectivity index is 1.71. The van der Waals surface area contributed by atoms with Crippen LogP contribution in [0.3, 0.4) is 0 Å². The maximum Gasteiger partial charge on any atom is 0.209 e. The molecule has 0 atom stereocenters. The van der Waals surface area contributed by atoms with Crippen molar-refractivity contribution >= 4 is 22.7 Å². The molecule has 0 saturated heterocycles. The summed E-state index contributed by atoms with van der Waals surface area (Å²) in [4.78, 5) is 10.5. The summed E-state index contributed by atoms with van der Waals surface area (Å²) in [5.74, 6) is 0.898. The van der Waals surface area contributed by atoms with Crippen molar-refractivity contribution in [3.8, 4) is 5.75 Å². The molecule has 1 aromatic carbocycles. The second-order valence-corrected chi connectivity index (χ2v) is 5.90. The van der Waals surface area contributed by atoms with Crippen LogP contribution < -0.4 is 4.74 Å². The molecular formula is C16H18N2OS. The molecule has 0 saturated carbocycles. The molecule has 3 nitrogen and oxygen atoms in total. The molecule has 4 heteroatoms. The van der Waals surface area contributed by atoms with Crippen LogP contribution in [0.4, 0.5) is 5.13 Å². The van der Waals surface area contributed by atoms with Gasteiger partial charge in [-0.05, 0) is 62.4 Å². The summed E-state index contributed by atoms with van der Waals surface area (Å²) in [6, 6.07) is 7.97. The van der Waals surface area contributed by atoms with Gasteiger partial charge >= 0.3 is 0 Å². The fraction of sp³-hybridized carbons (Fsp3) is 0.375. The predicted molar refractivity (Wildman–Crippen MR) is 83.6 cm³/mol. The summed E-state index contributed by atoms with van der Waals surface area (Å²) in [5, 5.41) is 0.880. The maximum atomic E-state index is 5.42. The van der Waals surface area contributed by atoms with Crippen LogP contribution in [0.5, 0.6) is 5.75 Å². The summed E-state index contributed by atoms with van der Waals surface area (Å²) in [6.07, 6.45) is 6.71. The molecule has 0 spiro atoms. The summed E-state index contributed by atoms with van der Waals surface area (Å²) >= 11 is 1.73. The highest BCUT2D eigenvalue weighted by Crippen LogP contribution is 2.31. The van der Waals surface area contributed by atoms with Crippen molar-refractivity contribution in [3.63, 3.8) is 0 Å². The second-order valence-electron chi connectivity index (χ2n) is 4.83. The van der Waals surface area contributed by atoms with Crippen molar-refractivity contribution in [1.82, 2.24) is 4.98 Å². The molecule has 0 fully saturated rings. The number of thiazole rings is 1. The molecule has 20 heavy (non-hydrogen) atoms. The molecule has 3 rings (SSSR count). The van der Waals surface area contributed by atoms with E-state index in [4.69, 9.17) is 4.74 Å². The van der Waals surface area contributed by atoms with Crippen LogP contribution in [0, 0.1) is 0 Å². The molecule has 0 amide bonds. The van der Waals surface area contributed by atoms with E-state index in [0.29, 0.717) is 6.61 Å². The molecule has 0 aliphatic heterocycles. The zero-order chi connectivity index (χ0) is 13.8. The van der Waals surface area contributed by atoms with Crippen molar-refractivity contribution in [2.45, 2.75) is 32.6 Å². The molecule has 0 bridgehead atoms. The minimum atomic E-state index is 0.693. The van der Waals surface area contributed by atoms with E-state index in [1.54, 1.807) is 11.3 Å². The lowest BCUT2D eigenvalue weighted by molar-refractivity contribution is 0.340. The van der Waals surface area contributed by atoms with Crippen molar-refractivity contribution in [2.75, 3.05) is 6.61 Å². The zero-order valence-corrected chi connectivity index (χ0v) is 12.4. The molecule has 0 N–H and O–H groups in total. The van der Waals surface area contributed by atoms with Crippen LogP contribution in [-0.4, -0.2) is 17.8 Å². The van der Waals surface area contributed by atoms with E-state index in [1.165, 1.54) is 29.8 Å². The average molecular weight is 286 g/mol. The minimum absolute atomic E-state index is 0.693. The highest BCUT2D eigenvalue weighted by Gasteiger charge is 2.14. The Labute approximate surface area is 123 Å². The zero-order valence-electron chi connectivity index (χ0n) is 11.6. The molecular weight excluding hydrogens is 268 g/mol. The molecule has 1 aliphatic carbocycles. The van der Waals surface area contributed by atoms with Crippen molar-refractivity contribution < 1.29 is 4.74 Å². The molecule has 1 aromatic heterocycles. The van der Waals surface area contributed by atoms with Crippen molar-refractivity contribution in [3.05, 3.63) is 40.4 Å². The van der Waals surface area contributed by atoms with Crippen LogP contribution in [-0.2, 0) is 12.8 Å². The smallest absolute Gasteiger partial charge is 0.209 e. The standard InChI is InChI=1S/C16H18N2OS/c1-2-19-13-9-7-12(8-10-13)11-17-16-18-14-5-3-4-6-15(14)20-16/h7-11H,2-6H2,1H3/b17-11+. The van der Waals surface area contributed by atoms with E-state index in [-0.39, 0.29) is 0 Å². The Kier molecular flexibility index (Phi) is 4.11. The third-order valence-electron chi connectivity index (χ3n) is 3.35. The van der Waals surface area contributed by atoms with Gasteiger partial charge in [0.05, 0.1) is 12.3 Å². The molecule has 1 heterocycles. The number of benzene rings is 1. The van der Waals surface area contributed by atoms with Crippen LogP contribution in [0.2, 0.25) is 0 Å². The van der Waals surface area contributed by atoms with E-state index in [0.717, 1.165) is 22.9 Å². The molecule has 104 valence electrons. The minimum Gasteiger partial charge on any atom is -0.494 e. The van der Waals surface area contributed by atoms with Crippen LogP contribution in [0.15, 0.2) is 29.3 Å². The second kappa shape index (κ2) is 6.18. The summed E-state index contributed by atoms with van der Waals surface area (Å²) in [5.41, 5.74) is 2.33. The number of hydrogen-bond acceptors (Lipinski definition) is 4. The van der Waals surface area contributed by atoms with Gasteiger partial charge in [0.15, 0.2) is 0 Å². The van der Waals surface area contributed by atoms with E-state index in [9.17, 15) is 0 Å². The van der Waals surface area contributed by atoms with Crippen LogP contribution in [0.25, 0.3) is 0 Å². The Morgan fingerprint density at radius 1 is 1.25 bits per heavy atom. The number of aromatic nitrogens is 1. The number of rotatable bonds is 4. The van der Waals surface area contributed by atoms with Crippen LogP contribution >= 0.6 is 11.3 Å². The number of aliphatic imine (C=N–C) groups is 1. The highest BCUT2D eigenvalue weighted by molar-refractivity contribution is 7.15. The Morgan fingerprint density at radius 2 is 2.05 bits per heavy atom. The summed E-state index contributed by atoms with van der Waals surface area (Å²) in [7, 11) is 0. The number of fused-ring (bicyclic) bond motifs is 1. The molecule has 2 aromatic rings. The Bertz CT molecular complexity index is 578. The van der Waals surface area contributed by atoms with E-state index >= 15 is 0 Å². The first-order chi connectivity index (χ1) is 9.85. The largest absolute Gasteiger partial charge is 0.494 e. The van der Waals surface area contributed by atoms with Gasteiger partial charge in [0.25, 0.3) is 0 Å². The quantitative estimate of drug-likeness (QED) is 0.790. The SMILES string of the molecule is CCOc1ccc(/C=N/c2nc3c(s2)CCCC3)cc1. The number of ether oxygens (including phenoxy) is 1. The normalized spacial score (nSPS) is 14.4. The Morgan fingerprint density at radius 3 is 2.80 bits per heavy atom. The highest BCUT2D eigenvalue weighted by atomic mass is 32.1. The molecule has 0 unspecified atom stereocenters. The van der Waals surface area contributed by atoms with Gasteiger partial charge in [-0.25, -0.2) is 9.98 Å². The predicted octanol–water partition coefficient (Wildman–Crippen LogP) is 4.17. The van der Waals surface area contributed by atoms with Gasteiger partial charge in [0.1, 0.15) is 5.75 Å².